The van der Waals surface area contributed by atoms with Gasteiger partial charge in [0.05, 0.1) is 0 Å². The highest BCUT2D eigenvalue weighted by atomic mass is 16.1. The number of fused-ring (bicyclic) bond motifs is 1. The molecule has 1 aliphatic carbocycles. The molecule has 3 heteroatoms. The number of nitrogens with zero attached hydrogens (tertiary/aromatic N) is 1. The summed E-state index contributed by atoms with van der Waals surface area (Å²) in [6.07, 6.45) is 5.37. The van der Waals surface area contributed by atoms with Crippen molar-refractivity contribution >= 4 is 11.6 Å². The van der Waals surface area contributed by atoms with Crippen LogP contribution in [0.25, 0.3) is 0 Å². The normalized spacial score (nSPS) is 19.8. The van der Waals surface area contributed by atoms with E-state index in [1.807, 2.05) is 12.1 Å². The van der Waals surface area contributed by atoms with Crippen LogP contribution in [0.3, 0.4) is 0 Å². The fourth-order valence-corrected chi connectivity index (χ4v) is 4.24. The van der Waals surface area contributed by atoms with Gasteiger partial charge in [0.1, 0.15) is 0 Å². The summed E-state index contributed by atoms with van der Waals surface area (Å²) in [5.41, 5.74) is 4.98. The summed E-state index contributed by atoms with van der Waals surface area (Å²) in [4.78, 5) is 15.0. The summed E-state index contributed by atoms with van der Waals surface area (Å²) >= 11 is 0. The predicted molar refractivity (Wildman–Crippen MR) is 102 cm³/mol. The van der Waals surface area contributed by atoms with Crippen molar-refractivity contribution in [3.63, 3.8) is 0 Å². The molecular weight excluding hydrogens is 308 g/mol. The van der Waals surface area contributed by atoms with E-state index in [1.54, 1.807) is 0 Å². The van der Waals surface area contributed by atoms with Crippen LogP contribution in [-0.4, -0.2) is 23.9 Å². The SMILES string of the molecule is O=C(CC1CCc2ccccc21)Nc1cccc(CN2CCCC2)c1. The summed E-state index contributed by atoms with van der Waals surface area (Å²) in [5, 5.41) is 3.11. The Labute approximate surface area is 150 Å². The van der Waals surface area contributed by atoms with E-state index in [0.29, 0.717) is 12.3 Å². The van der Waals surface area contributed by atoms with Gasteiger partial charge in [-0.2, -0.15) is 0 Å². The number of aryl methyl sites for hydroxylation is 1. The Bertz CT molecular complexity index is 749. The number of likely N-dealkylation sites (tertiary alicyclic amines) is 1. The second kappa shape index (κ2) is 7.40. The Morgan fingerprint density at radius 2 is 1.92 bits per heavy atom. The highest BCUT2D eigenvalue weighted by Crippen LogP contribution is 2.35. The average Bonchev–Trinajstić information content (AvgIpc) is 3.26. The van der Waals surface area contributed by atoms with E-state index in [2.05, 4.69) is 46.6 Å². The quantitative estimate of drug-likeness (QED) is 0.882. The van der Waals surface area contributed by atoms with Gasteiger partial charge in [0.25, 0.3) is 0 Å². The second-order valence-electron chi connectivity index (χ2n) is 7.37. The van der Waals surface area contributed by atoms with Gasteiger partial charge in [-0.3, -0.25) is 9.69 Å². The number of nitrogens with one attached hydrogen (secondary N) is 1. The van der Waals surface area contributed by atoms with Crippen molar-refractivity contribution in [3.05, 3.63) is 65.2 Å². The molecule has 4 rings (SSSR count). The van der Waals surface area contributed by atoms with E-state index < -0.39 is 0 Å². The third kappa shape index (κ3) is 3.93. The van der Waals surface area contributed by atoms with Crippen molar-refractivity contribution in [2.75, 3.05) is 18.4 Å². The van der Waals surface area contributed by atoms with Crippen LogP contribution >= 0.6 is 0 Å². The molecule has 1 aliphatic heterocycles. The molecular formula is C22H26N2O. The molecule has 1 amide bonds. The molecule has 1 heterocycles. The minimum Gasteiger partial charge on any atom is -0.326 e. The number of anilines is 1. The molecule has 1 atom stereocenters. The maximum atomic E-state index is 12.5. The first-order chi connectivity index (χ1) is 12.3. The molecule has 1 unspecified atom stereocenters. The number of benzene rings is 2. The topological polar surface area (TPSA) is 32.3 Å². The number of hydrogen-bond acceptors (Lipinski definition) is 2. The zero-order valence-corrected chi connectivity index (χ0v) is 14.7. The fourth-order valence-electron chi connectivity index (χ4n) is 4.24. The molecule has 0 spiro atoms. The van der Waals surface area contributed by atoms with E-state index >= 15 is 0 Å². The molecule has 1 N–H and O–H groups in total. The van der Waals surface area contributed by atoms with Gasteiger partial charge in [0.2, 0.25) is 5.91 Å². The van der Waals surface area contributed by atoms with Gasteiger partial charge >= 0.3 is 0 Å². The maximum Gasteiger partial charge on any atom is 0.224 e. The number of carbonyl (C=O) groups is 1. The van der Waals surface area contributed by atoms with Crippen LogP contribution in [0.4, 0.5) is 5.69 Å². The first-order valence-corrected chi connectivity index (χ1v) is 9.47. The first kappa shape index (κ1) is 16.3. The number of carbonyl (C=O) groups excluding carboxylic acids is 1. The number of hydrogen-bond donors (Lipinski definition) is 1. The smallest absolute Gasteiger partial charge is 0.224 e. The highest BCUT2D eigenvalue weighted by molar-refractivity contribution is 5.91. The van der Waals surface area contributed by atoms with Gasteiger partial charge in [0, 0.05) is 18.7 Å². The number of amides is 1. The molecule has 2 aromatic carbocycles. The molecule has 2 aliphatic rings. The summed E-state index contributed by atoms with van der Waals surface area (Å²) in [7, 11) is 0. The Hall–Kier alpha value is -2.13. The standard InChI is InChI=1S/C22H26N2O/c25-22(15-19-11-10-18-7-1-2-9-21(18)19)23-20-8-5-6-17(14-20)16-24-12-3-4-13-24/h1-2,5-9,14,19H,3-4,10-13,15-16H2,(H,23,25). The van der Waals surface area contributed by atoms with Crippen LogP contribution in [-0.2, 0) is 17.8 Å². The Kier molecular flexibility index (Phi) is 4.84. The Morgan fingerprint density at radius 1 is 1.08 bits per heavy atom. The molecule has 1 saturated heterocycles. The van der Waals surface area contributed by atoms with Crippen molar-refractivity contribution in [2.24, 2.45) is 0 Å². The molecule has 0 bridgehead atoms. The molecule has 2 aromatic rings. The number of rotatable bonds is 5. The van der Waals surface area contributed by atoms with Crippen LogP contribution in [0.5, 0.6) is 0 Å². The van der Waals surface area contributed by atoms with Gasteiger partial charge < -0.3 is 5.32 Å². The van der Waals surface area contributed by atoms with E-state index in [9.17, 15) is 4.79 Å². The van der Waals surface area contributed by atoms with E-state index in [1.165, 1.54) is 42.6 Å². The second-order valence-corrected chi connectivity index (χ2v) is 7.37. The molecule has 1 fully saturated rings. The van der Waals surface area contributed by atoms with Crippen molar-refractivity contribution < 1.29 is 4.79 Å². The summed E-state index contributed by atoms with van der Waals surface area (Å²) in [6.45, 7) is 3.37. The Balaban J connectivity index is 1.36. The zero-order chi connectivity index (χ0) is 17.1. The lowest BCUT2D eigenvalue weighted by Gasteiger charge is -2.16. The molecule has 130 valence electrons. The van der Waals surface area contributed by atoms with E-state index in [4.69, 9.17) is 0 Å². The summed E-state index contributed by atoms with van der Waals surface area (Å²) in [5.74, 6) is 0.490. The molecule has 3 nitrogen and oxygen atoms in total. The third-order valence-corrected chi connectivity index (χ3v) is 5.50. The van der Waals surface area contributed by atoms with Gasteiger partial charge in [-0.1, -0.05) is 36.4 Å². The fraction of sp³-hybridized carbons (Fsp3) is 0.409. The van der Waals surface area contributed by atoms with E-state index in [-0.39, 0.29) is 5.91 Å². The molecule has 0 saturated carbocycles. The van der Waals surface area contributed by atoms with Gasteiger partial charge in [-0.15, -0.1) is 0 Å². The van der Waals surface area contributed by atoms with Gasteiger partial charge in [-0.25, -0.2) is 0 Å². The van der Waals surface area contributed by atoms with Crippen LogP contribution in [0.2, 0.25) is 0 Å². The average molecular weight is 334 g/mol. The minimum absolute atomic E-state index is 0.125. The van der Waals surface area contributed by atoms with Crippen LogP contribution in [0.15, 0.2) is 48.5 Å². The first-order valence-electron chi connectivity index (χ1n) is 9.47. The van der Waals surface area contributed by atoms with Crippen molar-refractivity contribution in [3.8, 4) is 0 Å². The third-order valence-electron chi connectivity index (χ3n) is 5.50. The van der Waals surface area contributed by atoms with Crippen molar-refractivity contribution in [1.29, 1.82) is 0 Å². The largest absolute Gasteiger partial charge is 0.326 e. The van der Waals surface area contributed by atoms with Crippen LogP contribution < -0.4 is 5.32 Å². The predicted octanol–water partition coefficient (Wildman–Crippen LogP) is 4.34. The van der Waals surface area contributed by atoms with E-state index in [0.717, 1.165) is 25.1 Å². The molecule has 25 heavy (non-hydrogen) atoms. The van der Waals surface area contributed by atoms with Gasteiger partial charge in [-0.05, 0) is 73.5 Å². The highest BCUT2D eigenvalue weighted by Gasteiger charge is 2.24. The Morgan fingerprint density at radius 3 is 2.80 bits per heavy atom. The summed E-state index contributed by atoms with van der Waals surface area (Å²) < 4.78 is 0. The van der Waals surface area contributed by atoms with Crippen molar-refractivity contribution in [1.82, 2.24) is 4.90 Å². The minimum atomic E-state index is 0.125. The van der Waals surface area contributed by atoms with Crippen LogP contribution in [0.1, 0.15) is 48.3 Å². The monoisotopic (exact) mass is 334 g/mol. The lowest BCUT2D eigenvalue weighted by molar-refractivity contribution is -0.116. The molecule has 0 aromatic heterocycles. The lowest BCUT2D eigenvalue weighted by atomic mass is 9.97. The molecule has 0 radical (unpaired) electrons. The lowest BCUT2D eigenvalue weighted by Crippen LogP contribution is -2.19. The van der Waals surface area contributed by atoms with Gasteiger partial charge in [0.15, 0.2) is 0 Å². The van der Waals surface area contributed by atoms with Crippen molar-refractivity contribution in [2.45, 2.75) is 44.6 Å². The zero-order valence-electron chi connectivity index (χ0n) is 14.7. The maximum absolute atomic E-state index is 12.5. The summed E-state index contributed by atoms with van der Waals surface area (Å²) in [6, 6.07) is 16.9. The van der Waals surface area contributed by atoms with Crippen LogP contribution in [0, 0.1) is 0 Å².